The number of hydrogen-bond donors (Lipinski definition) is 0. The largest absolute Gasteiger partial charge is 0.381 e. The van der Waals surface area contributed by atoms with E-state index >= 15 is 0 Å². The van der Waals surface area contributed by atoms with Crippen LogP contribution in [0.1, 0.15) is 47.4 Å². The molecule has 0 bridgehead atoms. The Labute approximate surface area is 137 Å². The average Bonchev–Trinajstić information content (AvgIpc) is 2.75. The predicted molar refractivity (Wildman–Crippen MR) is 89.7 cm³/mol. The first-order valence-electron chi connectivity index (χ1n) is 8.41. The summed E-state index contributed by atoms with van der Waals surface area (Å²) in [5.74, 6) is -0.326. The van der Waals surface area contributed by atoms with Crippen LogP contribution in [0, 0.1) is 26.7 Å². The molecule has 1 aromatic rings. The first-order valence-corrected chi connectivity index (χ1v) is 8.41. The van der Waals surface area contributed by atoms with Crippen LogP contribution in [0.4, 0.5) is 0 Å². The number of allylic oxidation sites excluding steroid dienone is 2. The lowest BCUT2D eigenvalue weighted by Gasteiger charge is -2.22. The zero-order chi connectivity index (χ0) is 16.6. The summed E-state index contributed by atoms with van der Waals surface area (Å²) in [7, 11) is 0. The lowest BCUT2D eigenvalue weighted by molar-refractivity contribution is -0.123. The zero-order valence-electron chi connectivity index (χ0n) is 14.1. The van der Waals surface area contributed by atoms with Gasteiger partial charge in [0.2, 0.25) is 0 Å². The fourth-order valence-corrected chi connectivity index (χ4v) is 4.00. The molecular formula is C20H24O3. The van der Waals surface area contributed by atoms with E-state index in [-0.39, 0.29) is 11.6 Å². The average molecular weight is 312 g/mol. The van der Waals surface area contributed by atoms with Gasteiger partial charge in [0.15, 0.2) is 11.6 Å². The van der Waals surface area contributed by atoms with Crippen molar-refractivity contribution in [2.24, 2.45) is 5.92 Å². The lowest BCUT2D eigenvalue weighted by Crippen LogP contribution is -2.21. The van der Waals surface area contributed by atoms with Gasteiger partial charge in [-0.15, -0.1) is 0 Å². The highest BCUT2D eigenvalue weighted by Gasteiger charge is 2.38. The van der Waals surface area contributed by atoms with Crippen LogP contribution in [0.25, 0.3) is 0 Å². The van der Waals surface area contributed by atoms with Crippen molar-refractivity contribution in [1.82, 2.24) is 0 Å². The molecule has 1 aliphatic heterocycles. The molecule has 23 heavy (non-hydrogen) atoms. The first kappa shape index (κ1) is 16.1. The van der Waals surface area contributed by atoms with E-state index in [4.69, 9.17) is 4.74 Å². The molecule has 1 aliphatic carbocycles. The highest BCUT2D eigenvalue weighted by atomic mass is 16.5. The Kier molecular flexibility index (Phi) is 4.49. The van der Waals surface area contributed by atoms with E-state index < -0.39 is 5.92 Å². The standard InChI is InChI=1S/C20H24O3/c1-12-7-13(2)18(14(3)8-12)19-17(21)10-16(20(19)22)9-15-5-4-6-23-11-15/h7-8,10,15,19H,4-6,9,11H2,1-3H3. The minimum atomic E-state index is -0.630. The van der Waals surface area contributed by atoms with Crippen molar-refractivity contribution in [3.63, 3.8) is 0 Å². The smallest absolute Gasteiger partial charge is 0.174 e. The van der Waals surface area contributed by atoms with Crippen molar-refractivity contribution in [2.75, 3.05) is 13.2 Å². The molecule has 0 aromatic heterocycles. The summed E-state index contributed by atoms with van der Waals surface area (Å²) < 4.78 is 5.49. The van der Waals surface area contributed by atoms with Crippen molar-refractivity contribution in [3.8, 4) is 0 Å². The van der Waals surface area contributed by atoms with Gasteiger partial charge in [0.1, 0.15) is 5.92 Å². The van der Waals surface area contributed by atoms with E-state index in [0.717, 1.165) is 41.7 Å². The van der Waals surface area contributed by atoms with Crippen LogP contribution < -0.4 is 0 Å². The summed E-state index contributed by atoms with van der Waals surface area (Å²) in [6.45, 7) is 7.53. The third-order valence-corrected chi connectivity index (χ3v) is 4.97. The first-order chi connectivity index (χ1) is 11.0. The topological polar surface area (TPSA) is 43.4 Å². The molecule has 1 heterocycles. The van der Waals surface area contributed by atoms with Gasteiger partial charge in [-0.05, 0) is 68.7 Å². The van der Waals surface area contributed by atoms with Crippen LogP contribution in [-0.4, -0.2) is 24.8 Å². The highest BCUT2D eigenvalue weighted by Crippen LogP contribution is 2.36. The Morgan fingerprint density at radius 3 is 2.43 bits per heavy atom. The van der Waals surface area contributed by atoms with E-state index in [2.05, 4.69) is 12.1 Å². The molecule has 0 saturated carbocycles. The van der Waals surface area contributed by atoms with Crippen LogP contribution in [0.5, 0.6) is 0 Å². The third kappa shape index (κ3) is 3.16. The molecule has 0 N–H and O–H groups in total. The Hall–Kier alpha value is -1.74. The summed E-state index contributed by atoms with van der Waals surface area (Å²) >= 11 is 0. The molecular weight excluding hydrogens is 288 g/mol. The van der Waals surface area contributed by atoms with Crippen LogP contribution in [0.3, 0.4) is 0 Å². The second-order valence-electron chi connectivity index (χ2n) is 6.97. The van der Waals surface area contributed by atoms with Gasteiger partial charge in [-0.1, -0.05) is 17.7 Å². The monoisotopic (exact) mass is 312 g/mol. The fourth-order valence-electron chi connectivity index (χ4n) is 4.00. The van der Waals surface area contributed by atoms with Crippen molar-refractivity contribution < 1.29 is 14.3 Å². The number of carbonyl (C=O) groups is 2. The van der Waals surface area contributed by atoms with Gasteiger partial charge in [-0.3, -0.25) is 9.59 Å². The van der Waals surface area contributed by atoms with Gasteiger partial charge in [0.25, 0.3) is 0 Å². The van der Waals surface area contributed by atoms with Crippen molar-refractivity contribution in [3.05, 3.63) is 46.0 Å². The summed E-state index contributed by atoms with van der Waals surface area (Å²) in [6.07, 6.45) is 4.37. The molecule has 0 radical (unpaired) electrons. The van der Waals surface area contributed by atoms with E-state index in [1.54, 1.807) is 6.08 Å². The Bertz CT molecular complexity index is 655. The van der Waals surface area contributed by atoms with Crippen LogP contribution in [0.2, 0.25) is 0 Å². The molecule has 3 rings (SSSR count). The van der Waals surface area contributed by atoms with Gasteiger partial charge < -0.3 is 4.74 Å². The molecule has 0 spiro atoms. The van der Waals surface area contributed by atoms with E-state index in [9.17, 15) is 9.59 Å². The second kappa shape index (κ2) is 6.40. The van der Waals surface area contributed by atoms with Crippen molar-refractivity contribution in [2.45, 2.75) is 46.0 Å². The van der Waals surface area contributed by atoms with Gasteiger partial charge in [0, 0.05) is 18.8 Å². The normalized spacial score (nSPS) is 24.9. The molecule has 1 saturated heterocycles. The highest BCUT2D eigenvalue weighted by molar-refractivity contribution is 6.25. The fraction of sp³-hybridized carbons (Fsp3) is 0.500. The van der Waals surface area contributed by atoms with Gasteiger partial charge in [0.05, 0.1) is 0 Å². The second-order valence-corrected chi connectivity index (χ2v) is 6.97. The van der Waals surface area contributed by atoms with Crippen LogP contribution in [0.15, 0.2) is 23.8 Å². The molecule has 1 aromatic carbocycles. The number of ether oxygens (including phenoxy) is 1. The number of benzene rings is 1. The number of ketones is 2. The minimum Gasteiger partial charge on any atom is -0.381 e. The number of rotatable bonds is 3. The van der Waals surface area contributed by atoms with Crippen molar-refractivity contribution >= 4 is 11.6 Å². The number of carbonyl (C=O) groups excluding carboxylic acids is 2. The summed E-state index contributed by atoms with van der Waals surface area (Å²) in [4.78, 5) is 25.3. The maximum Gasteiger partial charge on any atom is 0.174 e. The molecule has 2 aliphatic rings. The van der Waals surface area contributed by atoms with E-state index in [1.165, 1.54) is 0 Å². The Balaban J connectivity index is 1.84. The summed E-state index contributed by atoms with van der Waals surface area (Å²) in [6, 6.07) is 4.10. The molecule has 2 atom stereocenters. The van der Waals surface area contributed by atoms with Crippen LogP contribution >= 0.6 is 0 Å². The minimum absolute atomic E-state index is 0.00405. The summed E-state index contributed by atoms with van der Waals surface area (Å²) in [5.41, 5.74) is 4.82. The maximum absolute atomic E-state index is 12.8. The van der Waals surface area contributed by atoms with E-state index in [1.807, 2.05) is 20.8 Å². The van der Waals surface area contributed by atoms with Gasteiger partial charge in [-0.2, -0.15) is 0 Å². The zero-order valence-corrected chi connectivity index (χ0v) is 14.1. The quantitative estimate of drug-likeness (QED) is 0.801. The number of hydrogen-bond acceptors (Lipinski definition) is 3. The molecule has 2 unspecified atom stereocenters. The molecule has 3 nitrogen and oxygen atoms in total. The van der Waals surface area contributed by atoms with Gasteiger partial charge >= 0.3 is 0 Å². The van der Waals surface area contributed by atoms with E-state index in [0.29, 0.717) is 24.5 Å². The predicted octanol–water partition coefficient (Wildman–Crippen LogP) is 3.59. The molecule has 3 heteroatoms. The summed E-state index contributed by atoms with van der Waals surface area (Å²) in [5, 5.41) is 0. The maximum atomic E-state index is 12.8. The lowest BCUT2D eigenvalue weighted by atomic mass is 9.84. The third-order valence-electron chi connectivity index (χ3n) is 4.97. The number of aryl methyl sites for hydroxylation is 3. The Morgan fingerprint density at radius 2 is 1.83 bits per heavy atom. The molecule has 122 valence electrons. The number of Topliss-reactive ketones (excluding diaryl/α,β-unsaturated/α-hetero) is 1. The van der Waals surface area contributed by atoms with Crippen molar-refractivity contribution in [1.29, 1.82) is 0 Å². The van der Waals surface area contributed by atoms with Gasteiger partial charge in [-0.25, -0.2) is 0 Å². The van der Waals surface area contributed by atoms with Crippen LogP contribution in [-0.2, 0) is 14.3 Å². The molecule has 1 fully saturated rings. The SMILES string of the molecule is Cc1cc(C)c(C2C(=O)C=C(CC3CCCOC3)C2=O)c(C)c1. The molecule has 0 amide bonds. The Morgan fingerprint density at radius 1 is 1.13 bits per heavy atom.